The molecule has 1 heterocycles. The lowest BCUT2D eigenvalue weighted by molar-refractivity contribution is -0.148. The number of methoxy groups -OCH3 is 1. The fourth-order valence-electron chi connectivity index (χ4n) is 2.57. The molecule has 0 fully saturated rings. The summed E-state index contributed by atoms with van der Waals surface area (Å²) in [7, 11) is 1.58. The highest BCUT2D eigenvalue weighted by molar-refractivity contribution is 5.71. The van der Waals surface area contributed by atoms with Crippen molar-refractivity contribution in [1.29, 1.82) is 0 Å². The average Bonchev–Trinajstić information content (AvgIpc) is 3.19. The van der Waals surface area contributed by atoms with Gasteiger partial charge in [-0.15, -0.1) is 0 Å². The molecule has 0 unspecified atom stereocenters. The summed E-state index contributed by atoms with van der Waals surface area (Å²) in [5.74, 6) is 1.36. The highest BCUT2D eigenvalue weighted by Gasteiger charge is 2.14. The normalized spacial score (nSPS) is 11.2. The van der Waals surface area contributed by atoms with Gasteiger partial charge in [-0.05, 0) is 35.2 Å². The summed E-state index contributed by atoms with van der Waals surface area (Å²) in [4.78, 5) is 16.2. The summed E-state index contributed by atoms with van der Waals surface area (Å²) in [6.45, 7) is 6.08. The van der Waals surface area contributed by atoms with E-state index in [2.05, 4.69) is 30.9 Å². The van der Waals surface area contributed by atoms with Crippen LogP contribution in [0.3, 0.4) is 0 Å². The van der Waals surface area contributed by atoms with E-state index in [1.165, 1.54) is 5.56 Å². The molecule has 2 aromatic carbocycles. The van der Waals surface area contributed by atoms with Crippen molar-refractivity contribution in [2.75, 3.05) is 13.7 Å². The minimum Gasteiger partial charge on any atom is -0.497 e. The molecule has 0 amide bonds. The quantitative estimate of drug-likeness (QED) is 0.554. The molecule has 0 saturated carbocycles. The monoisotopic (exact) mass is 396 g/mol. The first kappa shape index (κ1) is 20.4. The van der Waals surface area contributed by atoms with Crippen LogP contribution in [0.4, 0.5) is 0 Å². The van der Waals surface area contributed by atoms with Crippen LogP contribution in [0.2, 0.25) is 0 Å². The number of ether oxygens (including phenoxy) is 3. The van der Waals surface area contributed by atoms with Crippen molar-refractivity contribution in [3.05, 3.63) is 60.0 Å². The van der Waals surface area contributed by atoms with Crippen molar-refractivity contribution >= 4 is 5.97 Å². The molecule has 0 saturated heterocycles. The second-order valence-electron chi connectivity index (χ2n) is 7.47. The number of hydrogen-bond donors (Lipinski definition) is 0. The number of aromatic nitrogens is 2. The van der Waals surface area contributed by atoms with Gasteiger partial charge in [0.15, 0.2) is 13.2 Å². The molecule has 0 N–H and O–H groups in total. The predicted octanol–water partition coefficient (Wildman–Crippen LogP) is 4.16. The Bertz CT molecular complexity index is 958. The number of rotatable bonds is 7. The maximum atomic E-state index is 11.9. The number of esters is 1. The number of nitrogens with zero attached hydrogens (tertiary/aromatic N) is 2. The molecule has 29 heavy (non-hydrogen) atoms. The number of benzene rings is 2. The Morgan fingerprint density at radius 1 is 1.07 bits per heavy atom. The van der Waals surface area contributed by atoms with Gasteiger partial charge in [-0.25, -0.2) is 4.79 Å². The lowest BCUT2D eigenvalue weighted by Gasteiger charge is -2.19. The third-order valence-corrected chi connectivity index (χ3v) is 4.23. The summed E-state index contributed by atoms with van der Waals surface area (Å²) in [5, 5.41) is 3.90. The van der Waals surface area contributed by atoms with Gasteiger partial charge in [0, 0.05) is 5.56 Å². The van der Waals surface area contributed by atoms with Crippen molar-refractivity contribution < 1.29 is 23.5 Å². The molecule has 3 aromatic rings. The number of hydrogen-bond acceptors (Lipinski definition) is 7. The van der Waals surface area contributed by atoms with E-state index in [1.54, 1.807) is 13.2 Å². The summed E-state index contributed by atoms with van der Waals surface area (Å²) < 4.78 is 20.9. The Hall–Kier alpha value is -3.35. The first-order chi connectivity index (χ1) is 13.8. The first-order valence-corrected chi connectivity index (χ1v) is 9.21. The summed E-state index contributed by atoms with van der Waals surface area (Å²) in [6.07, 6.45) is 0. The molecular weight excluding hydrogens is 372 g/mol. The van der Waals surface area contributed by atoms with E-state index in [1.807, 2.05) is 42.5 Å². The van der Waals surface area contributed by atoms with E-state index in [4.69, 9.17) is 18.7 Å². The molecular formula is C22H24N2O5. The highest BCUT2D eigenvalue weighted by atomic mass is 16.6. The van der Waals surface area contributed by atoms with E-state index >= 15 is 0 Å². The Kier molecular flexibility index (Phi) is 6.16. The molecule has 0 aliphatic rings. The van der Waals surface area contributed by atoms with Crippen LogP contribution in [0.5, 0.6) is 11.5 Å². The molecule has 152 valence electrons. The van der Waals surface area contributed by atoms with Gasteiger partial charge in [0.2, 0.25) is 5.82 Å². The number of carbonyl (C=O) groups is 1. The van der Waals surface area contributed by atoms with Gasteiger partial charge in [0.25, 0.3) is 5.89 Å². The molecule has 3 rings (SSSR count). The second-order valence-corrected chi connectivity index (χ2v) is 7.47. The fourth-order valence-corrected chi connectivity index (χ4v) is 2.57. The van der Waals surface area contributed by atoms with E-state index in [9.17, 15) is 4.79 Å². The van der Waals surface area contributed by atoms with Gasteiger partial charge in [-0.3, -0.25) is 0 Å². The average molecular weight is 396 g/mol. The van der Waals surface area contributed by atoms with Gasteiger partial charge in [0.05, 0.1) is 7.11 Å². The van der Waals surface area contributed by atoms with Gasteiger partial charge in [0.1, 0.15) is 11.5 Å². The third kappa shape index (κ3) is 5.57. The van der Waals surface area contributed by atoms with Crippen LogP contribution >= 0.6 is 0 Å². The van der Waals surface area contributed by atoms with Gasteiger partial charge in [-0.1, -0.05) is 50.2 Å². The van der Waals surface area contributed by atoms with Gasteiger partial charge < -0.3 is 18.7 Å². The van der Waals surface area contributed by atoms with Gasteiger partial charge in [-0.2, -0.15) is 4.98 Å². The smallest absolute Gasteiger partial charge is 0.344 e. The van der Waals surface area contributed by atoms with E-state index in [0.717, 1.165) is 5.56 Å². The molecule has 0 bridgehead atoms. The largest absolute Gasteiger partial charge is 0.497 e. The topological polar surface area (TPSA) is 83.7 Å². The van der Waals surface area contributed by atoms with E-state index in [0.29, 0.717) is 17.3 Å². The lowest BCUT2D eigenvalue weighted by atomic mass is 9.87. The summed E-state index contributed by atoms with van der Waals surface area (Å²) in [6, 6.07) is 14.9. The Morgan fingerprint density at radius 2 is 1.83 bits per heavy atom. The van der Waals surface area contributed by atoms with Crippen molar-refractivity contribution in [2.24, 2.45) is 0 Å². The van der Waals surface area contributed by atoms with E-state index < -0.39 is 5.97 Å². The Balaban J connectivity index is 1.49. The molecule has 1 aromatic heterocycles. The molecule has 0 aliphatic carbocycles. The molecule has 0 radical (unpaired) electrons. The van der Waals surface area contributed by atoms with Crippen LogP contribution in [0.25, 0.3) is 11.4 Å². The fraction of sp³-hybridized carbons (Fsp3) is 0.318. The third-order valence-electron chi connectivity index (χ3n) is 4.23. The zero-order valence-electron chi connectivity index (χ0n) is 17.0. The van der Waals surface area contributed by atoms with Gasteiger partial charge >= 0.3 is 5.97 Å². The maximum Gasteiger partial charge on any atom is 0.344 e. The van der Waals surface area contributed by atoms with Crippen molar-refractivity contribution in [3.8, 4) is 22.9 Å². The molecule has 0 aliphatic heterocycles. The van der Waals surface area contributed by atoms with Crippen LogP contribution in [0.1, 0.15) is 32.2 Å². The van der Waals surface area contributed by atoms with Crippen molar-refractivity contribution in [2.45, 2.75) is 32.8 Å². The second kappa shape index (κ2) is 8.77. The standard InChI is InChI=1S/C22H24N2O5/c1-22(2,3)16-8-10-17(11-9-16)27-14-20(25)28-13-19-23-21(24-29-19)15-6-5-7-18(12-15)26-4/h5-12H,13-14H2,1-4H3. The van der Waals surface area contributed by atoms with Crippen molar-refractivity contribution in [3.63, 3.8) is 0 Å². The van der Waals surface area contributed by atoms with Crippen LogP contribution in [0.15, 0.2) is 53.1 Å². The Morgan fingerprint density at radius 3 is 2.52 bits per heavy atom. The minimum atomic E-state index is -0.522. The molecule has 7 heteroatoms. The number of carbonyl (C=O) groups excluding carboxylic acids is 1. The highest BCUT2D eigenvalue weighted by Crippen LogP contribution is 2.24. The molecule has 0 spiro atoms. The summed E-state index contributed by atoms with van der Waals surface area (Å²) in [5.41, 5.74) is 1.99. The van der Waals surface area contributed by atoms with Crippen molar-refractivity contribution in [1.82, 2.24) is 10.1 Å². The maximum absolute atomic E-state index is 11.9. The first-order valence-electron chi connectivity index (χ1n) is 9.21. The minimum absolute atomic E-state index is 0.0608. The van der Waals surface area contributed by atoms with Crippen LogP contribution < -0.4 is 9.47 Å². The lowest BCUT2D eigenvalue weighted by Crippen LogP contribution is -2.15. The zero-order valence-corrected chi connectivity index (χ0v) is 17.0. The van der Waals surface area contributed by atoms with Crippen LogP contribution in [0, 0.1) is 0 Å². The SMILES string of the molecule is COc1cccc(-c2noc(COC(=O)COc3ccc(C(C)(C)C)cc3)n2)c1. The van der Waals surface area contributed by atoms with Crippen LogP contribution in [-0.4, -0.2) is 29.8 Å². The summed E-state index contributed by atoms with van der Waals surface area (Å²) >= 11 is 0. The zero-order chi connectivity index (χ0) is 20.9. The molecule has 7 nitrogen and oxygen atoms in total. The predicted molar refractivity (Wildman–Crippen MR) is 107 cm³/mol. The van der Waals surface area contributed by atoms with E-state index in [-0.39, 0.29) is 24.5 Å². The Labute approximate surface area is 169 Å². The van der Waals surface area contributed by atoms with Crippen LogP contribution in [-0.2, 0) is 21.6 Å². The molecule has 0 atom stereocenters.